The highest BCUT2D eigenvalue weighted by atomic mass is 16.3. The summed E-state index contributed by atoms with van der Waals surface area (Å²) in [7, 11) is 0. The maximum atomic E-state index is 5.01. The predicted octanol–water partition coefficient (Wildman–Crippen LogP) is 2.51. The molecule has 12 heavy (non-hydrogen) atoms. The number of rotatable bonds is 4. The fourth-order valence-corrected chi connectivity index (χ4v) is 1.22. The van der Waals surface area contributed by atoms with E-state index in [2.05, 4.69) is 18.8 Å². The molecule has 0 amide bonds. The molecular formula is C10H15NO. The van der Waals surface area contributed by atoms with Gasteiger partial charge in [-0.25, -0.2) is 0 Å². The van der Waals surface area contributed by atoms with Crippen LogP contribution < -0.4 is 5.32 Å². The number of hydrogen-bond donors (Lipinski definition) is 1. The minimum Gasteiger partial charge on any atom is -0.472 e. The van der Waals surface area contributed by atoms with Crippen LogP contribution in [0.1, 0.15) is 25.5 Å². The first kappa shape index (κ1) is 9.07. The predicted molar refractivity (Wildman–Crippen MR) is 49.9 cm³/mol. The smallest absolute Gasteiger partial charge is 0.0953 e. The van der Waals surface area contributed by atoms with Gasteiger partial charge >= 0.3 is 0 Å². The zero-order chi connectivity index (χ0) is 8.97. The van der Waals surface area contributed by atoms with E-state index in [1.54, 1.807) is 12.5 Å². The van der Waals surface area contributed by atoms with E-state index in [4.69, 9.17) is 4.42 Å². The van der Waals surface area contributed by atoms with Gasteiger partial charge in [-0.05, 0) is 19.5 Å². The first-order valence-corrected chi connectivity index (χ1v) is 4.16. The van der Waals surface area contributed by atoms with E-state index in [0.717, 1.165) is 17.7 Å². The van der Waals surface area contributed by atoms with Crippen LogP contribution in [0.4, 0.5) is 0 Å². The summed E-state index contributed by atoms with van der Waals surface area (Å²) in [5.41, 5.74) is 2.25. The Hall–Kier alpha value is -1.02. The number of furan rings is 1. The molecule has 2 nitrogen and oxygen atoms in total. The van der Waals surface area contributed by atoms with Crippen LogP contribution in [-0.2, 0) is 0 Å². The van der Waals surface area contributed by atoms with E-state index < -0.39 is 0 Å². The monoisotopic (exact) mass is 165 g/mol. The standard InChI is InChI=1S/C10H15NO/c1-4-11-10(8(2)3)9-5-6-12-7-9/h5-7,10-11H,2,4H2,1,3H3. The lowest BCUT2D eigenvalue weighted by atomic mass is 10.0. The molecule has 1 aromatic rings. The molecule has 0 radical (unpaired) electrons. The van der Waals surface area contributed by atoms with E-state index in [1.807, 2.05) is 13.0 Å². The molecule has 0 aromatic carbocycles. The van der Waals surface area contributed by atoms with Gasteiger partial charge in [-0.1, -0.05) is 19.1 Å². The van der Waals surface area contributed by atoms with Gasteiger partial charge in [0.05, 0.1) is 18.6 Å². The lowest BCUT2D eigenvalue weighted by Gasteiger charge is -2.15. The van der Waals surface area contributed by atoms with Crippen molar-refractivity contribution in [2.24, 2.45) is 0 Å². The molecule has 0 spiro atoms. The first-order valence-electron chi connectivity index (χ1n) is 4.16. The van der Waals surface area contributed by atoms with Gasteiger partial charge in [0.25, 0.3) is 0 Å². The number of hydrogen-bond acceptors (Lipinski definition) is 2. The van der Waals surface area contributed by atoms with Crippen molar-refractivity contribution in [2.75, 3.05) is 6.54 Å². The molecule has 1 unspecified atom stereocenters. The summed E-state index contributed by atoms with van der Waals surface area (Å²) < 4.78 is 5.01. The van der Waals surface area contributed by atoms with E-state index in [1.165, 1.54) is 0 Å². The van der Waals surface area contributed by atoms with Crippen LogP contribution >= 0.6 is 0 Å². The quantitative estimate of drug-likeness (QED) is 0.693. The van der Waals surface area contributed by atoms with Crippen LogP contribution in [0.5, 0.6) is 0 Å². The lowest BCUT2D eigenvalue weighted by Crippen LogP contribution is -2.20. The first-order chi connectivity index (χ1) is 5.75. The Morgan fingerprint density at radius 1 is 1.75 bits per heavy atom. The summed E-state index contributed by atoms with van der Waals surface area (Å²) in [5.74, 6) is 0. The molecule has 0 aliphatic rings. The minimum absolute atomic E-state index is 0.230. The summed E-state index contributed by atoms with van der Waals surface area (Å²) in [6, 6.07) is 2.19. The fourth-order valence-electron chi connectivity index (χ4n) is 1.22. The van der Waals surface area contributed by atoms with Crippen molar-refractivity contribution < 1.29 is 4.42 Å². The lowest BCUT2D eigenvalue weighted by molar-refractivity contribution is 0.551. The van der Waals surface area contributed by atoms with Crippen LogP contribution in [0.25, 0.3) is 0 Å². The molecule has 0 fully saturated rings. The largest absolute Gasteiger partial charge is 0.472 e. The molecular weight excluding hydrogens is 150 g/mol. The molecule has 0 saturated heterocycles. The van der Waals surface area contributed by atoms with Crippen LogP contribution in [0.15, 0.2) is 35.2 Å². The van der Waals surface area contributed by atoms with E-state index >= 15 is 0 Å². The maximum absolute atomic E-state index is 5.01. The van der Waals surface area contributed by atoms with Crippen molar-refractivity contribution in [3.63, 3.8) is 0 Å². The van der Waals surface area contributed by atoms with Crippen molar-refractivity contribution in [3.8, 4) is 0 Å². The van der Waals surface area contributed by atoms with Gasteiger partial charge in [0.2, 0.25) is 0 Å². The SMILES string of the molecule is C=C(C)C(NCC)c1ccoc1. The second-order valence-corrected chi connectivity index (χ2v) is 2.89. The molecule has 0 aliphatic carbocycles. The summed E-state index contributed by atoms with van der Waals surface area (Å²) >= 11 is 0. The molecule has 1 aromatic heterocycles. The highest BCUT2D eigenvalue weighted by Crippen LogP contribution is 2.19. The Labute approximate surface area is 73.3 Å². The summed E-state index contributed by atoms with van der Waals surface area (Å²) in [6.45, 7) is 8.95. The highest BCUT2D eigenvalue weighted by molar-refractivity contribution is 5.21. The maximum Gasteiger partial charge on any atom is 0.0953 e. The molecule has 0 saturated carbocycles. The number of nitrogens with one attached hydrogen (secondary N) is 1. The summed E-state index contributed by atoms with van der Waals surface area (Å²) in [4.78, 5) is 0. The molecule has 0 aliphatic heterocycles. The zero-order valence-corrected chi connectivity index (χ0v) is 7.63. The molecule has 0 bridgehead atoms. The molecule has 1 rings (SSSR count). The average molecular weight is 165 g/mol. The Bertz CT molecular complexity index is 238. The Morgan fingerprint density at radius 2 is 2.50 bits per heavy atom. The van der Waals surface area contributed by atoms with Gasteiger partial charge in [0, 0.05) is 5.56 Å². The Kier molecular flexibility index (Phi) is 3.11. The van der Waals surface area contributed by atoms with Crippen molar-refractivity contribution >= 4 is 0 Å². The van der Waals surface area contributed by atoms with Crippen LogP contribution in [0.2, 0.25) is 0 Å². The molecule has 66 valence electrons. The van der Waals surface area contributed by atoms with Crippen molar-refractivity contribution in [1.82, 2.24) is 5.32 Å². The zero-order valence-electron chi connectivity index (χ0n) is 7.63. The van der Waals surface area contributed by atoms with E-state index in [-0.39, 0.29) is 6.04 Å². The highest BCUT2D eigenvalue weighted by Gasteiger charge is 2.10. The molecule has 2 heteroatoms. The van der Waals surface area contributed by atoms with Crippen LogP contribution in [0, 0.1) is 0 Å². The number of likely N-dealkylation sites (N-methyl/N-ethyl adjacent to an activating group) is 1. The summed E-state index contributed by atoms with van der Waals surface area (Å²) in [5, 5.41) is 3.32. The van der Waals surface area contributed by atoms with E-state index in [0.29, 0.717) is 0 Å². The normalized spacial score (nSPS) is 12.8. The Morgan fingerprint density at radius 3 is 2.92 bits per heavy atom. The second-order valence-electron chi connectivity index (χ2n) is 2.89. The van der Waals surface area contributed by atoms with Gasteiger partial charge < -0.3 is 9.73 Å². The summed E-state index contributed by atoms with van der Waals surface area (Å²) in [6.07, 6.45) is 3.44. The fraction of sp³-hybridized carbons (Fsp3) is 0.400. The van der Waals surface area contributed by atoms with Crippen molar-refractivity contribution in [2.45, 2.75) is 19.9 Å². The van der Waals surface area contributed by atoms with E-state index in [9.17, 15) is 0 Å². The topological polar surface area (TPSA) is 25.2 Å². The minimum atomic E-state index is 0.230. The molecule has 1 heterocycles. The van der Waals surface area contributed by atoms with Crippen molar-refractivity contribution in [3.05, 3.63) is 36.3 Å². The van der Waals surface area contributed by atoms with Crippen LogP contribution in [-0.4, -0.2) is 6.54 Å². The van der Waals surface area contributed by atoms with Gasteiger partial charge in [-0.15, -0.1) is 0 Å². The molecule has 1 atom stereocenters. The third-order valence-electron chi connectivity index (χ3n) is 1.78. The van der Waals surface area contributed by atoms with Gasteiger partial charge in [0.1, 0.15) is 0 Å². The second kappa shape index (κ2) is 4.12. The van der Waals surface area contributed by atoms with Gasteiger partial charge in [-0.3, -0.25) is 0 Å². The van der Waals surface area contributed by atoms with Gasteiger partial charge in [0.15, 0.2) is 0 Å². The molecule has 1 N–H and O–H groups in total. The van der Waals surface area contributed by atoms with Crippen LogP contribution in [0.3, 0.4) is 0 Å². The Balaban J connectivity index is 2.73. The third kappa shape index (κ3) is 1.98. The van der Waals surface area contributed by atoms with Gasteiger partial charge in [-0.2, -0.15) is 0 Å². The third-order valence-corrected chi connectivity index (χ3v) is 1.78. The van der Waals surface area contributed by atoms with Crippen molar-refractivity contribution in [1.29, 1.82) is 0 Å². The average Bonchev–Trinajstić information content (AvgIpc) is 2.51.